The van der Waals surface area contributed by atoms with Gasteiger partial charge in [0, 0.05) is 5.92 Å². The summed E-state index contributed by atoms with van der Waals surface area (Å²) >= 11 is 0. The second-order valence-electron chi connectivity index (χ2n) is 4.83. The highest BCUT2D eigenvalue weighted by Crippen LogP contribution is 2.32. The van der Waals surface area contributed by atoms with Crippen LogP contribution in [0, 0.1) is 5.92 Å². The minimum atomic E-state index is 0.400. The molecule has 1 aliphatic rings. The predicted molar refractivity (Wildman–Crippen MR) is 77.4 cm³/mol. The second kappa shape index (κ2) is 6.55. The molecule has 0 bridgehead atoms. The van der Waals surface area contributed by atoms with Gasteiger partial charge in [-0.15, -0.1) is 6.58 Å². The number of ether oxygens (including phenoxy) is 1. The lowest BCUT2D eigenvalue weighted by molar-refractivity contribution is 0.195. The Morgan fingerprint density at radius 1 is 1.39 bits per heavy atom. The topological polar surface area (TPSA) is 9.23 Å². The molecule has 1 atom stereocenters. The zero-order valence-electron chi connectivity index (χ0n) is 11.2. The summed E-state index contributed by atoms with van der Waals surface area (Å²) in [6.07, 6.45) is 5.63. The van der Waals surface area contributed by atoms with Crippen molar-refractivity contribution in [2.45, 2.75) is 26.2 Å². The van der Waals surface area contributed by atoms with Crippen molar-refractivity contribution in [1.82, 2.24) is 0 Å². The third kappa shape index (κ3) is 2.91. The molecule has 18 heavy (non-hydrogen) atoms. The van der Waals surface area contributed by atoms with Crippen molar-refractivity contribution in [2.75, 3.05) is 13.2 Å². The predicted octanol–water partition coefficient (Wildman–Crippen LogP) is 4.46. The number of allylic oxidation sites excluding steroid dienone is 1. The van der Waals surface area contributed by atoms with Crippen molar-refractivity contribution in [1.29, 1.82) is 0 Å². The van der Waals surface area contributed by atoms with E-state index in [9.17, 15) is 0 Å². The highest BCUT2D eigenvalue weighted by Gasteiger charge is 2.22. The SMILES string of the molecule is C=CC1COC/C1=C(\CCCC)c1ccccc1. The zero-order valence-corrected chi connectivity index (χ0v) is 11.2. The molecular formula is C17H22O. The van der Waals surface area contributed by atoms with Gasteiger partial charge in [0.2, 0.25) is 0 Å². The first-order valence-corrected chi connectivity index (χ1v) is 6.84. The van der Waals surface area contributed by atoms with E-state index in [4.69, 9.17) is 4.74 Å². The van der Waals surface area contributed by atoms with Gasteiger partial charge in [0.05, 0.1) is 13.2 Å². The van der Waals surface area contributed by atoms with E-state index in [1.54, 1.807) is 0 Å². The van der Waals surface area contributed by atoms with E-state index in [-0.39, 0.29) is 0 Å². The van der Waals surface area contributed by atoms with E-state index in [0.29, 0.717) is 5.92 Å². The first-order valence-electron chi connectivity index (χ1n) is 6.84. The molecular weight excluding hydrogens is 220 g/mol. The van der Waals surface area contributed by atoms with Gasteiger partial charge in [-0.1, -0.05) is 49.8 Å². The molecule has 0 spiro atoms. The smallest absolute Gasteiger partial charge is 0.0689 e. The maximum atomic E-state index is 5.61. The Balaban J connectivity index is 2.35. The van der Waals surface area contributed by atoms with Crippen LogP contribution in [-0.4, -0.2) is 13.2 Å². The molecule has 1 nitrogen and oxygen atoms in total. The third-order valence-corrected chi connectivity index (χ3v) is 3.58. The summed E-state index contributed by atoms with van der Waals surface area (Å²) in [5.74, 6) is 0.400. The summed E-state index contributed by atoms with van der Waals surface area (Å²) in [6, 6.07) is 10.7. The Bertz CT molecular complexity index is 416. The fraction of sp³-hybridized carbons (Fsp3) is 0.412. The van der Waals surface area contributed by atoms with Crippen LogP contribution in [0.4, 0.5) is 0 Å². The second-order valence-corrected chi connectivity index (χ2v) is 4.83. The average Bonchev–Trinajstić information content (AvgIpc) is 2.89. The number of rotatable bonds is 5. The van der Waals surface area contributed by atoms with E-state index in [1.807, 2.05) is 6.08 Å². The molecule has 1 unspecified atom stereocenters. The van der Waals surface area contributed by atoms with Gasteiger partial charge >= 0.3 is 0 Å². The Labute approximate surface area is 110 Å². The van der Waals surface area contributed by atoms with Crippen LogP contribution in [0.2, 0.25) is 0 Å². The molecule has 1 heteroatoms. The lowest BCUT2D eigenvalue weighted by Crippen LogP contribution is -2.01. The number of hydrogen-bond donors (Lipinski definition) is 0. The molecule has 96 valence electrons. The van der Waals surface area contributed by atoms with Crippen molar-refractivity contribution in [3.05, 3.63) is 54.1 Å². The first kappa shape index (κ1) is 13.1. The molecule has 1 heterocycles. The summed E-state index contributed by atoms with van der Waals surface area (Å²) in [5.41, 5.74) is 4.25. The van der Waals surface area contributed by atoms with Gasteiger partial charge in [0.1, 0.15) is 0 Å². The average molecular weight is 242 g/mol. The van der Waals surface area contributed by atoms with Crippen molar-refractivity contribution < 1.29 is 4.74 Å². The normalized spacial score (nSPS) is 21.9. The Kier molecular flexibility index (Phi) is 4.77. The molecule has 0 aromatic heterocycles. The Morgan fingerprint density at radius 2 is 2.17 bits per heavy atom. The summed E-state index contributed by atoms with van der Waals surface area (Å²) in [5, 5.41) is 0. The molecule has 0 aliphatic carbocycles. The molecule has 0 amide bonds. The maximum absolute atomic E-state index is 5.61. The van der Waals surface area contributed by atoms with Crippen LogP contribution in [0.1, 0.15) is 31.7 Å². The van der Waals surface area contributed by atoms with Crippen LogP contribution in [0.3, 0.4) is 0 Å². The lowest BCUT2D eigenvalue weighted by Gasteiger charge is -2.14. The molecule has 0 N–H and O–H groups in total. The van der Waals surface area contributed by atoms with Gasteiger partial charge in [-0.2, -0.15) is 0 Å². The molecule has 1 aliphatic heterocycles. The summed E-state index contributed by atoms with van der Waals surface area (Å²) < 4.78 is 5.61. The van der Waals surface area contributed by atoms with Gasteiger partial charge in [-0.3, -0.25) is 0 Å². The molecule has 2 rings (SSSR count). The summed E-state index contributed by atoms with van der Waals surface area (Å²) in [6.45, 7) is 7.74. The van der Waals surface area contributed by atoms with Crippen LogP contribution in [0.15, 0.2) is 48.6 Å². The summed E-state index contributed by atoms with van der Waals surface area (Å²) in [4.78, 5) is 0. The quantitative estimate of drug-likeness (QED) is 0.692. The Hall–Kier alpha value is -1.34. The van der Waals surface area contributed by atoms with E-state index in [1.165, 1.54) is 29.6 Å². The fourth-order valence-corrected chi connectivity index (χ4v) is 2.51. The van der Waals surface area contributed by atoms with Crippen molar-refractivity contribution in [3.63, 3.8) is 0 Å². The van der Waals surface area contributed by atoms with Gasteiger partial charge in [-0.25, -0.2) is 0 Å². The largest absolute Gasteiger partial charge is 0.376 e. The van der Waals surface area contributed by atoms with E-state index in [0.717, 1.165) is 19.6 Å². The van der Waals surface area contributed by atoms with Gasteiger partial charge < -0.3 is 4.74 Å². The van der Waals surface area contributed by atoms with Crippen molar-refractivity contribution >= 4 is 5.57 Å². The maximum Gasteiger partial charge on any atom is 0.0689 e. The Morgan fingerprint density at radius 3 is 2.83 bits per heavy atom. The van der Waals surface area contributed by atoms with Crippen LogP contribution in [-0.2, 0) is 4.74 Å². The van der Waals surface area contributed by atoms with Gasteiger partial charge in [0.15, 0.2) is 0 Å². The third-order valence-electron chi connectivity index (χ3n) is 3.58. The van der Waals surface area contributed by atoms with Crippen LogP contribution in [0.25, 0.3) is 5.57 Å². The highest BCUT2D eigenvalue weighted by molar-refractivity contribution is 5.70. The minimum absolute atomic E-state index is 0.400. The van der Waals surface area contributed by atoms with E-state index in [2.05, 4.69) is 43.8 Å². The minimum Gasteiger partial charge on any atom is -0.376 e. The lowest BCUT2D eigenvalue weighted by atomic mass is 9.90. The van der Waals surface area contributed by atoms with E-state index < -0.39 is 0 Å². The molecule has 1 fully saturated rings. The fourth-order valence-electron chi connectivity index (χ4n) is 2.51. The van der Waals surface area contributed by atoms with Crippen LogP contribution >= 0.6 is 0 Å². The molecule has 0 radical (unpaired) electrons. The van der Waals surface area contributed by atoms with Crippen LogP contribution in [0.5, 0.6) is 0 Å². The molecule has 0 saturated carbocycles. The van der Waals surface area contributed by atoms with Crippen molar-refractivity contribution in [2.24, 2.45) is 5.92 Å². The number of benzene rings is 1. The monoisotopic (exact) mass is 242 g/mol. The molecule has 1 saturated heterocycles. The first-order chi connectivity index (χ1) is 8.86. The van der Waals surface area contributed by atoms with Crippen molar-refractivity contribution in [3.8, 4) is 0 Å². The zero-order chi connectivity index (χ0) is 12.8. The van der Waals surface area contributed by atoms with E-state index >= 15 is 0 Å². The standard InChI is InChI=1S/C17H22O/c1-3-5-11-16(15-9-7-6-8-10-15)17-13-18-12-14(17)4-2/h4,6-10,14H,2-3,5,11-13H2,1H3/b17-16-. The van der Waals surface area contributed by atoms with Crippen LogP contribution < -0.4 is 0 Å². The number of hydrogen-bond acceptors (Lipinski definition) is 1. The van der Waals surface area contributed by atoms with Gasteiger partial charge in [0.25, 0.3) is 0 Å². The molecule has 1 aromatic rings. The number of unbranched alkanes of at least 4 members (excludes halogenated alkanes) is 1. The molecule has 1 aromatic carbocycles. The highest BCUT2D eigenvalue weighted by atomic mass is 16.5. The summed E-state index contributed by atoms with van der Waals surface area (Å²) in [7, 11) is 0. The van der Waals surface area contributed by atoms with Gasteiger partial charge in [-0.05, 0) is 29.6 Å².